The third-order valence-corrected chi connectivity index (χ3v) is 10.9. The SMILES string of the molecule is C=CCCC(=O)NC[C@H](OC(=O)[C@H]1[C@@H]2O[C@@]3(CC2Br)[C@@H]1C(=O)N(CCCCCO)[C@@H]3C(=O)N(CC=C)c1cc(C)ccc1C)c1ccccc1. The zero-order chi connectivity index (χ0) is 36.0. The number of nitrogens with one attached hydrogen (secondary N) is 1. The molecule has 10 nitrogen and oxygen atoms in total. The molecule has 3 fully saturated rings. The van der Waals surface area contributed by atoms with Gasteiger partial charge in [-0.1, -0.05) is 70.5 Å². The van der Waals surface area contributed by atoms with Gasteiger partial charge in [0.2, 0.25) is 11.8 Å². The second-order valence-electron chi connectivity index (χ2n) is 13.5. The molecule has 2 aromatic rings. The minimum Gasteiger partial charge on any atom is -0.455 e. The number of unbranched alkanes of at least 4 members (excludes halogenated alkanes) is 2. The highest BCUT2D eigenvalue weighted by molar-refractivity contribution is 9.09. The van der Waals surface area contributed by atoms with E-state index < -0.39 is 41.7 Å². The van der Waals surface area contributed by atoms with Gasteiger partial charge in [-0.05, 0) is 68.7 Å². The summed E-state index contributed by atoms with van der Waals surface area (Å²) in [6, 6.07) is 14.1. The van der Waals surface area contributed by atoms with Crippen LogP contribution in [0.4, 0.5) is 5.69 Å². The lowest BCUT2D eigenvalue weighted by Crippen LogP contribution is -2.57. The standard InChI is InChI=1S/C39H48BrN3O7/c1-5-7-16-31(45)41-24-30(27-14-10-8-11-15-27)49-38(48)32-33-36(46)43(20-12-9-13-21-44)35(39(33)23-28(40)34(32)50-39)37(47)42(19-6-2)29-22-25(3)17-18-26(29)4/h5-6,8,10-11,14-15,17-18,22,28,30,32-35,44H,1-2,7,9,12-13,16,19-21,23-24H2,3-4H3,(H,41,45)/t28?,30-,32+,33-,34+,35+,39-/m0/s1. The van der Waals surface area contributed by atoms with E-state index in [0.29, 0.717) is 37.7 Å². The number of ether oxygens (including phenoxy) is 2. The van der Waals surface area contributed by atoms with E-state index in [-0.39, 0.29) is 55.2 Å². The van der Waals surface area contributed by atoms with Crippen LogP contribution in [0.25, 0.3) is 0 Å². The van der Waals surface area contributed by atoms with E-state index in [4.69, 9.17) is 9.47 Å². The van der Waals surface area contributed by atoms with Crippen molar-refractivity contribution in [1.82, 2.24) is 10.2 Å². The Morgan fingerprint density at radius 1 is 1.14 bits per heavy atom. The van der Waals surface area contributed by atoms with Crippen LogP contribution in [0.2, 0.25) is 0 Å². The van der Waals surface area contributed by atoms with Gasteiger partial charge in [-0.2, -0.15) is 0 Å². The maximum atomic E-state index is 14.9. The number of nitrogens with zero attached hydrogens (tertiary/aromatic N) is 2. The van der Waals surface area contributed by atoms with Gasteiger partial charge in [-0.25, -0.2) is 0 Å². The van der Waals surface area contributed by atoms with Crippen molar-refractivity contribution >= 4 is 45.3 Å². The van der Waals surface area contributed by atoms with Crippen molar-refractivity contribution in [2.75, 3.05) is 31.1 Å². The molecule has 3 aliphatic heterocycles. The van der Waals surface area contributed by atoms with Crippen molar-refractivity contribution in [1.29, 1.82) is 0 Å². The first kappa shape index (κ1) is 37.5. The highest BCUT2D eigenvalue weighted by Crippen LogP contribution is 2.60. The number of hydrogen-bond acceptors (Lipinski definition) is 7. The quantitative estimate of drug-likeness (QED) is 0.0999. The lowest BCUT2D eigenvalue weighted by atomic mass is 9.70. The maximum Gasteiger partial charge on any atom is 0.313 e. The molecule has 5 rings (SSSR count). The zero-order valence-corrected chi connectivity index (χ0v) is 30.5. The van der Waals surface area contributed by atoms with Crippen LogP contribution in [-0.4, -0.2) is 82.5 Å². The molecule has 0 aliphatic carbocycles. The van der Waals surface area contributed by atoms with Gasteiger partial charge in [-0.3, -0.25) is 19.2 Å². The molecular weight excluding hydrogens is 702 g/mol. The number of halogens is 1. The highest BCUT2D eigenvalue weighted by Gasteiger charge is 2.77. The Hall–Kier alpha value is -3.80. The Kier molecular flexibility index (Phi) is 12.3. The van der Waals surface area contributed by atoms with Gasteiger partial charge in [0.05, 0.1) is 24.5 Å². The summed E-state index contributed by atoms with van der Waals surface area (Å²) < 4.78 is 12.9. The van der Waals surface area contributed by atoms with Crippen LogP contribution in [-0.2, 0) is 28.7 Å². The third-order valence-electron chi connectivity index (χ3n) is 10.1. The summed E-state index contributed by atoms with van der Waals surface area (Å²) in [6.07, 6.45) is 4.77. The fourth-order valence-corrected chi connectivity index (χ4v) is 8.67. The number of fused-ring (bicyclic) bond motifs is 1. The lowest BCUT2D eigenvalue weighted by molar-refractivity contribution is -0.160. The number of benzene rings is 2. The second kappa shape index (κ2) is 16.5. The molecule has 3 heterocycles. The summed E-state index contributed by atoms with van der Waals surface area (Å²) in [6.45, 7) is 12.1. The molecule has 2 bridgehead atoms. The fraction of sp³-hybridized carbons (Fsp3) is 0.487. The van der Waals surface area contributed by atoms with E-state index >= 15 is 0 Å². The van der Waals surface area contributed by atoms with Gasteiger partial charge in [0, 0.05) is 36.6 Å². The van der Waals surface area contributed by atoms with Crippen molar-refractivity contribution in [3.63, 3.8) is 0 Å². The average molecular weight is 751 g/mol. The molecule has 0 radical (unpaired) electrons. The number of likely N-dealkylation sites (tertiary alicyclic amines) is 1. The number of allylic oxidation sites excluding steroid dienone is 1. The summed E-state index contributed by atoms with van der Waals surface area (Å²) in [5.74, 6) is -3.33. The van der Waals surface area contributed by atoms with E-state index in [1.165, 1.54) is 0 Å². The number of carbonyl (C=O) groups is 4. The number of anilines is 1. The smallest absolute Gasteiger partial charge is 0.313 e. The summed E-state index contributed by atoms with van der Waals surface area (Å²) in [5.41, 5.74) is 2.04. The molecule has 1 unspecified atom stereocenters. The number of carbonyl (C=O) groups excluding carboxylic acids is 4. The Morgan fingerprint density at radius 3 is 2.60 bits per heavy atom. The van der Waals surface area contributed by atoms with E-state index in [0.717, 1.165) is 16.8 Å². The molecule has 3 saturated heterocycles. The Morgan fingerprint density at radius 2 is 1.90 bits per heavy atom. The number of aliphatic hydroxyl groups is 1. The van der Waals surface area contributed by atoms with Gasteiger partial charge >= 0.3 is 5.97 Å². The van der Waals surface area contributed by atoms with Gasteiger partial charge < -0.3 is 29.7 Å². The van der Waals surface area contributed by atoms with Crippen molar-refractivity contribution in [2.24, 2.45) is 11.8 Å². The lowest BCUT2D eigenvalue weighted by Gasteiger charge is -2.37. The molecule has 1 spiro atoms. The zero-order valence-electron chi connectivity index (χ0n) is 28.9. The number of aliphatic hydroxyl groups excluding tert-OH is 1. The first-order valence-corrected chi connectivity index (χ1v) is 18.3. The summed E-state index contributed by atoms with van der Waals surface area (Å²) in [4.78, 5) is 59.3. The number of hydrogen-bond donors (Lipinski definition) is 2. The second-order valence-corrected chi connectivity index (χ2v) is 14.7. The van der Waals surface area contributed by atoms with Crippen LogP contribution in [0.1, 0.15) is 61.3 Å². The van der Waals surface area contributed by atoms with Crippen LogP contribution in [0, 0.1) is 25.7 Å². The van der Waals surface area contributed by atoms with Gasteiger partial charge in [-0.15, -0.1) is 13.2 Å². The first-order valence-electron chi connectivity index (χ1n) is 17.4. The van der Waals surface area contributed by atoms with Gasteiger partial charge in [0.25, 0.3) is 5.91 Å². The number of alkyl halides is 1. The largest absolute Gasteiger partial charge is 0.455 e. The van der Waals surface area contributed by atoms with E-state index in [1.807, 2.05) is 62.4 Å². The van der Waals surface area contributed by atoms with Crippen LogP contribution in [0.5, 0.6) is 0 Å². The van der Waals surface area contributed by atoms with E-state index in [2.05, 4.69) is 34.4 Å². The van der Waals surface area contributed by atoms with Crippen molar-refractivity contribution in [3.8, 4) is 0 Å². The normalized spacial score (nSPS) is 25.6. The number of esters is 1. The van der Waals surface area contributed by atoms with Crippen molar-refractivity contribution in [2.45, 2.75) is 81.1 Å². The van der Waals surface area contributed by atoms with Crippen LogP contribution in [0.15, 0.2) is 73.8 Å². The molecule has 268 valence electrons. The topological polar surface area (TPSA) is 125 Å². The average Bonchev–Trinajstić information content (AvgIpc) is 3.70. The monoisotopic (exact) mass is 749 g/mol. The van der Waals surface area contributed by atoms with Crippen LogP contribution in [0.3, 0.4) is 0 Å². The summed E-state index contributed by atoms with van der Waals surface area (Å²) in [7, 11) is 0. The third kappa shape index (κ3) is 7.45. The molecule has 3 amide bonds. The number of amides is 3. The maximum absolute atomic E-state index is 14.9. The summed E-state index contributed by atoms with van der Waals surface area (Å²) in [5, 5.41) is 12.3. The van der Waals surface area contributed by atoms with E-state index in [9.17, 15) is 24.3 Å². The van der Waals surface area contributed by atoms with Crippen LogP contribution >= 0.6 is 15.9 Å². The predicted molar refractivity (Wildman–Crippen MR) is 195 cm³/mol. The van der Waals surface area contributed by atoms with Crippen molar-refractivity contribution < 1.29 is 33.8 Å². The first-order chi connectivity index (χ1) is 24.1. The minimum atomic E-state index is -1.27. The fourth-order valence-electron chi connectivity index (χ4n) is 7.73. The number of aryl methyl sites for hydroxylation is 2. The van der Waals surface area contributed by atoms with E-state index in [1.54, 1.807) is 22.0 Å². The molecule has 11 heteroatoms. The molecule has 50 heavy (non-hydrogen) atoms. The molecular formula is C39H48BrN3O7. The molecule has 0 aromatic heterocycles. The van der Waals surface area contributed by atoms with Gasteiger partial charge in [0.15, 0.2) is 0 Å². The number of rotatable bonds is 17. The molecule has 2 aromatic carbocycles. The predicted octanol–water partition coefficient (Wildman–Crippen LogP) is 5.10. The Labute approximate surface area is 303 Å². The molecule has 0 saturated carbocycles. The minimum absolute atomic E-state index is 0.0316. The van der Waals surface area contributed by atoms with Gasteiger partial charge in [0.1, 0.15) is 17.7 Å². The summed E-state index contributed by atoms with van der Waals surface area (Å²) >= 11 is 3.75. The van der Waals surface area contributed by atoms with Crippen molar-refractivity contribution in [3.05, 3.63) is 90.5 Å². The molecule has 3 aliphatic rings. The molecule has 2 N–H and O–H groups in total. The Bertz CT molecular complexity index is 1580. The Balaban J connectivity index is 1.49. The van der Waals surface area contributed by atoms with Crippen LogP contribution < -0.4 is 10.2 Å². The molecule has 7 atom stereocenters. The highest BCUT2D eigenvalue weighted by atomic mass is 79.9.